The van der Waals surface area contributed by atoms with Gasteiger partial charge in [-0.25, -0.2) is 9.97 Å². The van der Waals surface area contributed by atoms with E-state index >= 15 is 0 Å². The van der Waals surface area contributed by atoms with Gasteiger partial charge in [-0.3, -0.25) is 0 Å². The second-order valence-corrected chi connectivity index (χ2v) is 4.68. The molecule has 0 atom stereocenters. The van der Waals surface area contributed by atoms with Crippen LogP contribution in [0, 0.1) is 0 Å². The highest BCUT2D eigenvalue weighted by Crippen LogP contribution is 2.35. The van der Waals surface area contributed by atoms with Gasteiger partial charge in [0, 0.05) is 0 Å². The Labute approximate surface area is 110 Å². The summed E-state index contributed by atoms with van der Waals surface area (Å²) in [5.41, 5.74) is 0.243. The van der Waals surface area contributed by atoms with E-state index in [0.29, 0.717) is 7.69 Å². The summed E-state index contributed by atoms with van der Waals surface area (Å²) in [6.07, 6.45) is -4.62. The van der Waals surface area contributed by atoms with Crippen molar-refractivity contribution in [3.05, 3.63) is 17.2 Å². The minimum atomic E-state index is -4.62. The van der Waals surface area contributed by atoms with E-state index < -0.39 is 12.0 Å². The fourth-order valence-corrected chi connectivity index (χ4v) is 1.57. The molecule has 0 aromatic carbocycles. The average Bonchev–Trinajstić information content (AvgIpc) is 2.27. The zero-order valence-electron chi connectivity index (χ0n) is 11.1. The van der Waals surface area contributed by atoms with Gasteiger partial charge in [0.25, 0.3) is 0 Å². The molecule has 1 heterocycles. The van der Waals surface area contributed by atoms with Crippen LogP contribution in [0.3, 0.4) is 0 Å². The smallest absolute Gasteiger partial charge is 0.535 e. The zero-order valence-corrected chi connectivity index (χ0v) is 11.1. The summed E-state index contributed by atoms with van der Waals surface area (Å²) in [4.78, 5) is 7.03. The van der Waals surface area contributed by atoms with Crippen molar-refractivity contribution in [2.75, 3.05) is 0 Å². The summed E-state index contributed by atoms with van der Waals surface area (Å²) in [5, 5.41) is 8.74. The van der Waals surface area contributed by atoms with Crippen LogP contribution in [0.15, 0.2) is 0 Å². The van der Waals surface area contributed by atoms with Gasteiger partial charge < -0.3 is 9.68 Å². The molecular formula is C11H15BF3N2O2. The van der Waals surface area contributed by atoms with E-state index in [0.717, 1.165) is 0 Å². The van der Waals surface area contributed by atoms with Crippen molar-refractivity contribution in [1.29, 1.82) is 0 Å². The van der Waals surface area contributed by atoms with E-state index in [1.165, 1.54) is 0 Å². The van der Waals surface area contributed by atoms with Crippen molar-refractivity contribution in [1.82, 2.24) is 9.97 Å². The third-order valence-electron chi connectivity index (χ3n) is 2.44. The van der Waals surface area contributed by atoms with Crippen molar-refractivity contribution in [2.45, 2.75) is 45.7 Å². The molecule has 0 fully saturated rings. The standard InChI is InChI=1S/C11H15BF3N2O2/c1-5(2)7-9(19-12-18)8(6(3)4)17-10(16-7)11(13,14)15/h5-6,18H,1-4H3. The highest BCUT2D eigenvalue weighted by atomic mass is 19.4. The molecule has 0 spiro atoms. The number of rotatable bonds is 4. The first-order valence-corrected chi connectivity index (χ1v) is 5.80. The second-order valence-electron chi connectivity index (χ2n) is 4.68. The number of halogens is 3. The molecule has 0 amide bonds. The van der Waals surface area contributed by atoms with Crippen molar-refractivity contribution >= 4 is 7.69 Å². The molecule has 0 aliphatic carbocycles. The van der Waals surface area contributed by atoms with Gasteiger partial charge in [-0.05, 0) is 11.8 Å². The first kappa shape index (κ1) is 15.8. The molecule has 0 bridgehead atoms. The van der Waals surface area contributed by atoms with Gasteiger partial charge in [-0.1, -0.05) is 27.7 Å². The van der Waals surface area contributed by atoms with E-state index in [1.54, 1.807) is 27.7 Å². The Morgan fingerprint density at radius 2 is 1.47 bits per heavy atom. The monoisotopic (exact) mass is 275 g/mol. The number of nitrogens with zero attached hydrogens (tertiary/aromatic N) is 2. The Hall–Kier alpha value is -1.31. The van der Waals surface area contributed by atoms with Gasteiger partial charge in [0.05, 0.1) is 11.4 Å². The van der Waals surface area contributed by atoms with Crippen LogP contribution < -0.4 is 4.65 Å². The van der Waals surface area contributed by atoms with E-state index in [2.05, 4.69) is 9.97 Å². The summed E-state index contributed by atoms with van der Waals surface area (Å²) >= 11 is 0. The van der Waals surface area contributed by atoms with E-state index in [-0.39, 0.29) is 29.0 Å². The molecular weight excluding hydrogens is 260 g/mol. The molecule has 1 radical (unpaired) electrons. The topological polar surface area (TPSA) is 55.2 Å². The Balaban J connectivity index is 3.53. The predicted molar refractivity (Wildman–Crippen MR) is 63.8 cm³/mol. The van der Waals surface area contributed by atoms with Crippen molar-refractivity contribution in [3.8, 4) is 5.75 Å². The summed E-state index contributed by atoms with van der Waals surface area (Å²) in [7, 11) is 0.420. The predicted octanol–water partition coefficient (Wildman–Crippen LogP) is 2.65. The fourth-order valence-electron chi connectivity index (χ4n) is 1.57. The van der Waals surface area contributed by atoms with Crippen LogP contribution in [-0.2, 0) is 6.18 Å². The van der Waals surface area contributed by atoms with Crippen molar-refractivity contribution in [2.24, 2.45) is 0 Å². The lowest BCUT2D eigenvalue weighted by atomic mass is 10.0. The van der Waals surface area contributed by atoms with Crippen molar-refractivity contribution < 1.29 is 22.8 Å². The van der Waals surface area contributed by atoms with Gasteiger partial charge in [0.15, 0.2) is 0 Å². The Bertz CT molecular complexity index is 421. The highest BCUT2D eigenvalue weighted by Gasteiger charge is 2.37. The van der Waals surface area contributed by atoms with Crippen LogP contribution in [0.2, 0.25) is 0 Å². The molecule has 0 aliphatic rings. The van der Waals surface area contributed by atoms with Crippen LogP contribution in [0.5, 0.6) is 5.75 Å². The molecule has 0 saturated heterocycles. The molecule has 4 nitrogen and oxygen atoms in total. The summed E-state index contributed by atoms with van der Waals surface area (Å²) < 4.78 is 43.2. The molecule has 8 heteroatoms. The molecule has 105 valence electrons. The molecule has 1 aromatic rings. The molecule has 19 heavy (non-hydrogen) atoms. The van der Waals surface area contributed by atoms with Crippen LogP contribution >= 0.6 is 0 Å². The molecule has 1 rings (SSSR count). The van der Waals surface area contributed by atoms with Gasteiger partial charge in [0.2, 0.25) is 5.82 Å². The van der Waals surface area contributed by atoms with Gasteiger partial charge in [-0.2, -0.15) is 13.2 Å². The molecule has 0 unspecified atom stereocenters. The average molecular weight is 275 g/mol. The quantitative estimate of drug-likeness (QED) is 0.858. The fraction of sp³-hybridized carbons (Fsp3) is 0.636. The second kappa shape index (κ2) is 5.77. The van der Waals surface area contributed by atoms with Crippen molar-refractivity contribution in [3.63, 3.8) is 0 Å². The first-order chi connectivity index (χ1) is 8.68. The number of hydrogen-bond donors (Lipinski definition) is 1. The summed E-state index contributed by atoms with van der Waals surface area (Å²) in [5.74, 6) is -1.70. The lowest BCUT2D eigenvalue weighted by Gasteiger charge is -2.19. The summed E-state index contributed by atoms with van der Waals surface area (Å²) in [6, 6.07) is 0. The van der Waals surface area contributed by atoms with Gasteiger partial charge >= 0.3 is 13.9 Å². The zero-order chi connectivity index (χ0) is 14.8. The molecule has 1 aromatic heterocycles. The number of hydrogen-bond acceptors (Lipinski definition) is 4. The number of aromatic nitrogens is 2. The van der Waals surface area contributed by atoms with Crippen LogP contribution in [0.25, 0.3) is 0 Å². The van der Waals surface area contributed by atoms with Crippen LogP contribution in [0.1, 0.15) is 56.7 Å². The molecule has 1 N–H and O–H groups in total. The van der Waals surface area contributed by atoms with E-state index in [4.69, 9.17) is 9.68 Å². The molecule has 0 saturated carbocycles. The highest BCUT2D eigenvalue weighted by molar-refractivity contribution is 6.17. The minimum absolute atomic E-state index is 0.0838. The lowest BCUT2D eigenvalue weighted by Crippen LogP contribution is -2.18. The Kier molecular flexibility index (Phi) is 4.78. The Morgan fingerprint density at radius 1 is 1.05 bits per heavy atom. The largest absolute Gasteiger partial charge is 0.569 e. The van der Waals surface area contributed by atoms with E-state index in [1.807, 2.05) is 0 Å². The minimum Gasteiger partial charge on any atom is -0.535 e. The normalized spacial score (nSPS) is 12.1. The third-order valence-corrected chi connectivity index (χ3v) is 2.44. The van der Waals surface area contributed by atoms with Crippen LogP contribution in [0.4, 0.5) is 13.2 Å². The lowest BCUT2D eigenvalue weighted by molar-refractivity contribution is -0.145. The third kappa shape index (κ3) is 3.59. The van der Waals surface area contributed by atoms with Gasteiger partial charge in [0.1, 0.15) is 5.75 Å². The van der Waals surface area contributed by atoms with E-state index in [9.17, 15) is 13.2 Å². The summed E-state index contributed by atoms with van der Waals surface area (Å²) in [6.45, 7) is 6.77. The van der Waals surface area contributed by atoms with Crippen LogP contribution in [-0.4, -0.2) is 22.7 Å². The SMILES string of the molecule is CC(C)c1nc(C(F)(F)F)nc(C(C)C)c1O[B]O. The van der Waals surface area contributed by atoms with Gasteiger partial charge in [-0.15, -0.1) is 0 Å². The Morgan fingerprint density at radius 3 is 1.74 bits per heavy atom. The maximum Gasteiger partial charge on any atom is 0.569 e. The maximum atomic E-state index is 12.8. The molecule has 0 aliphatic heterocycles. The first-order valence-electron chi connectivity index (χ1n) is 5.80. The number of alkyl halides is 3. The maximum absolute atomic E-state index is 12.8.